The lowest BCUT2D eigenvalue weighted by Gasteiger charge is -2.25. The largest absolute Gasteiger partial charge is 0.418 e. The van der Waals surface area contributed by atoms with Gasteiger partial charge in [-0.15, -0.1) is 0 Å². The van der Waals surface area contributed by atoms with Crippen LogP contribution in [0.1, 0.15) is 37.8 Å². The zero-order valence-corrected chi connectivity index (χ0v) is 11.9. The van der Waals surface area contributed by atoms with Crippen molar-refractivity contribution in [3.63, 3.8) is 0 Å². The van der Waals surface area contributed by atoms with Crippen molar-refractivity contribution in [1.29, 1.82) is 0 Å². The molecule has 1 aromatic rings. The van der Waals surface area contributed by atoms with Gasteiger partial charge in [0.05, 0.1) is 5.56 Å². The van der Waals surface area contributed by atoms with E-state index in [2.05, 4.69) is 5.32 Å². The van der Waals surface area contributed by atoms with Crippen LogP contribution in [-0.2, 0) is 12.7 Å². The molecule has 0 heterocycles. The number of rotatable bonds is 6. The smallest absolute Gasteiger partial charge is 0.372 e. The van der Waals surface area contributed by atoms with E-state index in [-0.39, 0.29) is 5.69 Å². The summed E-state index contributed by atoms with van der Waals surface area (Å²) < 4.78 is 39.7. The molecule has 1 fully saturated rings. The molecule has 0 radical (unpaired) electrons. The monoisotopic (exact) mass is 286 g/mol. The SMILES string of the molecule is CCN(CC)c1ccc(CNC2CC2)cc1C(F)(F)F. The van der Waals surface area contributed by atoms with E-state index in [1.165, 1.54) is 6.07 Å². The number of hydrogen-bond donors (Lipinski definition) is 1. The van der Waals surface area contributed by atoms with Gasteiger partial charge in [0.2, 0.25) is 0 Å². The summed E-state index contributed by atoms with van der Waals surface area (Å²) in [6.07, 6.45) is -2.05. The first-order valence-corrected chi connectivity index (χ1v) is 7.14. The highest BCUT2D eigenvalue weighted by Gasteiger charge is 2.35. The number of halogens is 3. The van der Waals surface area contributed by atoms with Crippen molar-refractivity contribution >= 4 is 5.69 Å². The van der Waals surface area contributed by atoms with Crippen LogP contribution in [0, 0.1) is 0 Å². The topological polar surface area (TPSA) is 15.3 Å². The van der Waals surface area contributed by atoms with Gasteiger partial charge in [0.15, 0.2) is 0 Å². The second-order valence-electron chi connectivity index (χ2n) is 5.18. The Kier molecular flexibility index (Phi) is 4.58. The minimum atomic E-state index is -4.31. The third-order valence-corrected chi connectivity index (χ3v) is 3.64. The fraction of sp³-hybridized carbons (Fsp3) is 0.600. The molecule has 0 amide bonds. The van der Waals surface area contributed by atoms with Crippen molar-refractivity contribution in [1.82, 2.24) is 5.32 Å². The van der Waals surface area contributed by atoms with E-state index < -0.39 is 11.7 Å². The summed E-state index contributed by atoms with van der Waals surface area (Å²) in [5, 5.41) is 3.25. The molecule has 0 bridgehead atoms. The van der Waals surface area contributed by atoms with Crippen molar-refractivity contribution < 1.29 is 13.2 Å². The summed E-state index contributed by atoms with van der Waals surface area (Å²) in [6.45, 7) is 5.38. The summed E-state index contributed by atoms with van der Waals surface area (Å²) in [7, 11) is 0. The van der Waals surface area contributed by atoms with E-state index in [9.17, 15) is 13.2 Å². The van der Waals surface area contributed by atoms with Crippen molar-refractivity contribution in [3.05, 3.63) is 29.3 Å². The lowest BCUT2D eigenvalue weighted by molar-refractivity contribution is -0.137. The molecule has 2 nitrogen and oxygen atoms in total. The van der Waals surface area contributed by atoms with Crippen LogP contribution >= 0.6 is 0 Å². The summed E-state index contributed by atoms with van der Waals surface area (Å²) in [6, 6.07) is 5.16. The van der Waals surface area contributed by atoms with Gasteiger partial charge < -0.3 is 10.2 Å². The summed E-state index contributed by atoms with van der Waals surface area (Å²) in [5.41, 5.74) is 0.439. The lowest BCUT2D eigenvalue weighted by atomic mass is 10.1. The fourth-order valence-corrected chi connectivity index (χ4v) is 2.31. The molecule has 1 aliphatic carbocycles. The molecule has 20 heavy (non-hydrogen) atoms. The molecule has 1 aromatic carbocycles. The predicted molar refractivity (Wildman–Crippen MR) is 74.9 cm³/mol. The minimum Gasteiger partial charge on any atom is -0.372 e. The van der Waals surface area contributed by atoms with Crippen LogP contribution in [-0.4, -0.2) is 19.1 Å². The Hall–Kier alpha value is -1.23. The number of alkyl halides is 3. The van der Waals surface area contributed by atoms with E-state index in [4.69, 9.17) is 0 Å². The highest BCUT2D eigenvalue weighted by atomic mass is 19.4. The lowest BCUT2D eigenvalue weighted by Crippen LogP contribution is -2.25. The highest BCUT2D eigenvalue weighted by Crippen LogP contribution is 2.37. The van der Waals surface area contributed by atoms with Gasteiger partial charge in [-0.05, 0) is 44.4 Å². The van der Waals surface area contributed by atoms with Crippen molar-refractivity contribution in [2.45, 2.75) is 45.5 Å². The third-order valence-electron chi connectivity index (χ3n) is 3.64. The molecule has 112 valence electrons. The molecular formula is C15H21F3N2. The minimum absolute atomic E-state index is 0.276. The van der Waals surface area contributed by atoms with Crippen LogP contribution in [0.25, 0.3) is 0 Å². The zero-order valence-electron chi connectivity index (χ0n) is 11.9. The summed E-state index contributed by atoms with van der Waals surface area (Å²) in [4.78, 5) is 1.74. The maximum absolute atomic E-state index is 13.2. The maximum Gasteiger partial charge on any atom is 0.418 e. The highest BCUT2D eigenvalue weighted by molar-refractivity contribution is 5.56. The second-order valence-corrected chi connectivity index (χ2v) is 5.18. The van der Waals surface area contributed by atoms with Gasteiger partial charge in [0, 0.05) is 31.4 Å². The van der Waals surface area contributed by atoms with Crippen molar-refractivity contribution in [3.8, 4) is 0 Å². The number of hydrogen-bond acceptors (Lipinski definition) is 2. The Morgan fingerprint density at radius 1 is 1.20 bits per heavy atom. The molecule has 2 rings (SSSR count). The first-order valence-electron chi connectivity index (χ1n) is 7.14. The van der Waals surface area contributed by atoms with Gasteiger partial charge in [0.1, 0.15) is 0 Å². The quantitative estimate of drug-likeness (QED) is 0.855. The Morgan fingerprint density at radius 3 is 2.35 bits per heavy atom. The van der Waals surface area contributed by atoms with Gasteiger partial charge >= 0.3 is 6.18 Å². The Labute approximate surface area is 118 Å². The van der Waals surface area contributed by atoms with Crippen LogP contribution < -0.4 is 10.2 Å². The first kappa shape index (κ1) is 15.2. The van der Waals surface area contributed by atoms with E-state index in [0.29, 0.717) is 31.2 Å². The molecule has 0 saturated heterocycles. The molecule has 1 saturated carbocycles. The molecule has 0 aliphatic heterocycles. The van der Waals surface area contributed by atoms with E-state index in [1.54, 1.807) is 17.0 Å². The molecule has 0 aromatic heterocycles. The van der Waals surface area contributed by atoms with Gasteiger partial charge in [0.25, 0.3) is 0 Å². The number of nitrogens with zero attached hydrogens (tertiary/aromatic N) is 1. The van der Waals surface area contributed by atoms with Crippen molar-refractivity contribution in [2.24, 2.45) is 0 Å². The van der Waals surface area contributed by atoms with E-state index >= 15 is 0 Å². The Bertz CT molecular complexity index is 449. The third kappa shape index (κ3) is 3.66. The molecule has 0 atom stereocenters. The van der Waals surface area contributed by atoms with Crippen LogP contribution in [0.4, 0.5) is 18.9 Å². The van der Waals surface area contributed by atoms with Crippen LogP contribution in [0.15, 0.2) is 18.2 Å². The summed E-state index contributed by atoms with van der Waals surface area (Å²) >= 11 is 0. The normalized spacial score (nSPS) is 15.4. The standard InChI is InChI=1S/C15H21F3N2/c1-3-20(4-2)14-8-5-11(10-19-12-6-7-12)9-13(14)15(16,17)18/h5,8-9,12,19H,3-4,6-7,10H2,1-2H3. The van der Waals surface area contributed by atoms with Gasteiger partial charge in [-0.25, -0.2) is 0 Å². The molecule has 0 spiro atoms. The molecule has 0 unspecified atom stereocenters. The van der Waals surface area contributed by atoms with Crippen molar-refractivity contribution in [2.75, 3.05) is 18.0 Å². The second kappa shape index (κ2) is 6.04. The predicted octanol–water partition coefficient (Wildman–Crippen LogP) is 3.80. The number of anilines is 1. The first-order chi connectivity index (χ1) is 9.45. The van der Waals surface area contributed by atoms with Gasteiger partial charge in [-0.1, -0.05) is 6.07 Å². The van der Waals surface area contributed by atoms with Crippen LogP contribution in [0.3, 0.4) is 0 Å². The van der Waals surface area contributed by atoms with E-state index in [1.807, 2.05) is 13.8 Å². The molecule has 1 aliphatic rings. The Morgan fingerprint density at radius 2 is 1.85 bits per heavy atom. The Balaban J connectivity index is 2.26. The van der Waals surface area contributed by atoms with Gasteiger partial charge in [-0.2, -0.15) is 13.2 Å². The summed E-state index contributed by atoms with van der Waals surface area (Å²) in [5.74, 6) is 0. The molecule has 5 heteroatoms. The molecule has 1 N–H and O–H groups in total. The van der Waals surface area contributed by atoms with Gasteiger partial charge in [-0.3, -0.25) is 0 Å². The van der Waals surface area contributed by atoms with Crippen LogP contribution in [0.5, 0.6) is 0 Å². The van der Waals surface area contributed by atoms with Crippen LogP contribution in [0.2, 0.25) is 0 Å². The maximum atomic E-state index is 13.2. The zero-order chi connectivity index (χ0) is 14.8. The average Bonchev–Trinajstić information content (AvgIpc) is 3.21. The van der Waals surface area contributed by atoms with E-state index in [0.717, 1.165) is 12.8 Å². The number of benzene rings is 1. The number of nitrogens with one attached hydrogen (secondary N) is 1. The average molecular weight is 286 g/mol. The fourth-order valence-electron chi connectivity index (χ4n) is 2.31. The molecular weight excluding hydrogens is 265 g/mol.